The molecule has 0 amide bonds. The highest BCUT2D eigenvalue weighted by atomic mass is 16.3. The molecule has 0 fully saturated rings. The fourth-order valence-corrected chi connectivity index (χ4v) is 6.08. The molecule has 0 spiro atoms. The molecule has 9 rings (SSSR count). The first-order chi connectivity index (χ1) is 22.8. The second kappa shape index (κ2) is 10.6. The predicted molar refractivity (Wildman–Crippen MR) is 183 cm³/mol. The van der Waals surface area contributed by atoms with E-state index in [0.29, 0.717) is 28.9 Å². The number of hydrogen-bond donors (Lipinski definition) is 0. The molecule has 0 radical (unpaired) electrons. The summed E-state index contributed by atoms with van der Waals surface area (Å²) in [5, 5.41) is 2.47. The Morgan fingerprint density at radius 2 is 0.913 bits per heavy atom. The fraction of sp³-hybridized carbons (Fsp3) is 0. The molecule has 0 aliphatic heterocycles. The van der Waals surface area contributed by atoms with E-state index in [0.717, 1.165) is 33.5 Å². The summed E-state index contributed by atoms with van der Waals surface area (Å²) in [6, 6.07) is 51.3. The zero-order valence-electron chi connectivity index (χ0n) is 24.6. The number of aromatic nitrogens is 5. The molecule has 46 heavy (non-hydrogen) atoms. The first-order valence-electron chi connectivity index (χ1n) is 15.2. The Morgan fingerprint density at radius 1 is 0.413 bits per heavy atom. The molecule has 0 N–H and O–H groups in total. The Hall–Kier alpha value is -6.40. The summed E-state index contributed by atoms with van der Waals surface area (Å²) in [6.07, 6.45) is 0. The van der Waals surface area contributed by atoms with Crippen LogP contribution in [-0.2, 0) is 0 Å². The Kier molecular flexibility index (Phi) is 6.03. The first kappa shape index (κ1) is 26.0. The molecule has 6 nitrogen and oxygen atoms in total. The van der Waals surface area contributed by atoms with E-state index in [1.54, 1.807) is 0 Å². The van der Waals surface area contributed by atoms with Gasteiger partial charge in [0.2, 0.25) is 5.89 Å². The highest BCUT2D eigenvalue weighted by molar-refractivity contribution is 6.09. The maximum atomic E-state index is 6.06. The van der Waals surface area contributed by atoms with E-state index in [-0.39, 0.29) is 0 Å². The molecular weight excluding hydrogens is 566 g/mol. The largest absolute Gasteiger partial charge is 0.436 e. The van der Waals surface area contributed by atoms with Crippen molar-refractivity contribution >= 4 is 32.9 Å². The van der Waals surface area contributed by atoms with Crippen LogP contribution in [0.1, 0.15) is 0 Å². The van der Waals surface area contributed by atoms with Gasteiger partial charge in [0.05, 0.1) is 11.0 Å². The second-order valence-electron chi connectivity index (χ2n) is 11.2. The molecule has 0 aliphatic rings. The Bertz CT molecular complexity index is 2460. The van der Waals surface area contributed by atoms with Gasteiger partial charge in [-0.05, 0) is 66.7 Å². The SMILES string of the molecule is c1ccc(-c2nc(-c3ccc(-n4c5ccccc5c5ccccc54)cc3)nc(-c3ccc4oc(-c5ccccc5)nc4c3)n2)cc1. The number of oxazole rings is 1. The average molecular weight is 592 g/mol. The van der Waals surface area contributed by atoms with Gasteiger partial charge in [-0.2, -0.15) is 0 Å². The number of fused-ring (bicyclic) bond motifs is 4. The van der Waals surface area contributed by atoms with Crippen LogP contribution < -0.4 is 0 Å². The number of rotatable bonds is 5. The lowest BCUT2D eigenvalue weighted by molar-refractivity contribution is 0.620. The number of para-hydroxylation sites is 2. The first-order valence-corrected chi connectivity index (χ1v) is 15.2. The van der Waals surface area contributed by atoms with Crippen molar-refractivity contribution in [1.82, 2.24) is 24.5 Å². The van der Waals surface area contributed by atoms with Crippen molar-refractivity contribution in [3.8, 4) is 51.3 Å². The molecule has 0 saturated heterocycles. The minimum atomic E-state index is 0.571. The van der Waals surface area contributed by atoms with Crippen molar-refractivity contribution in [3.05, 3.63) is 152 Å². The maximum Gasteiger partial charge on any atom is 0.227 e. The van der Waals surface area contributed by atoms with Crippen molar-refractivity contribution in [3.63, 3.8) is 0 Å². The zero-order valence-corrected chi connectivity index (χ0v) is 24.6. The molecule has 0 aliphatic carbocycles. The van der Waals surface area contributed by atoms with Crippen LogP contribution in [0.25, 0.3) is 84.2 Å². The van der Waals surface area contributed by atoms with Crippen molar-refractivity contribution in [1.29, 1.82) is 0 Å². The van der Waals surface area contributed by atoms with E-state index in [1.165, 1.54) is 21.8 Å². The van der Waals surface area contributed by atoms with Crippen LogP contribution in [0.4, 0.5) is 0 Å². The smallest absolute Gasteiger partial charge is 0.227 e. The third-order valence-corrected chi connectivity index (χ3v) is 8.30. The third kappa shape index (κ3) is 4.43. The Labute approximate surface area is 264 Å². The van der Waals surface area contributed by atoms with Gasteiger partial charge in [0, 0.05) is 38.7 Å². The van der Waals surface area contributed by atoms with Crippen molar-refractivity contribution in [2.45, 2.75) is 0 Å². The van der Waals surface area contributed by atoms with Gasteiger partial charge in [-0.15, -0.1) is 0 Å². The van der Waals surface area contributed by atoms with Gasteiger partial charge in [-0.25, -0.2) is 19.9 Å². The minimum absolute atomic E-state index is 0.571. The van der Waals surface area contributed by atoms with Crippen LogP contribution in [0.5, 0.6) is 0 Å². The maximum absolute atomic E-state index is 6.06. The molecule has 3 aromatic heterocycles. The van der Waals surface area contributed by atoms with Crippen molar-refractivity contribution in [2.75, 3.05) is 0 Å². The standard InChI is InChI=1S/C40H25N5O/c1-3-11-26(12-4-1)37-42-38(44-39(43-37)29-21-24-36-33(25-29)41-40(46-36)28-13-5-2-6-14-28)27-19-22-30(23-20-27)45-34-17-9-7-15-31(34)32-16-8-10-18-35(32)45/h1-25H. The number of nitrogens with zero attached hydrogens (tertiary/aromatic N) is 5. The molecular formula is C40H25N5O. The topological polar surface area (TPSA) is 69.6 Å². The highest BCUT2D eigenvalue weighted by Crippen LogP contribution is 2.33. The number of hydrogen-bond acceptors (Lipinski definition) is 5. The summed E-state index contributed by atoms with van der Waals surface area (Å²) in [4.78, 5) is 19.6. The summed E-state index contributed by atoms with van der Waals surface area (Å²) in [6.45, 7) is 0. The lowest BCUT2D eigenvalue weighted by Gasteiger charge is -2.10. The molecule has 3 heterocycles. The highest BCUT2D eigenvalue weighted by Gasteiger charge is 2.16. The van der Waals surface area contributed by atoms with Gasteiger partial charge in [0.25, 0.3) is 0 Å². The van der Waals surface area contributed by atoms with Crippen molar-refractivity contribution < 1.29 is 4.42 Å². The minimum Gasteiger partial charge on any atom is -0.436 e. The van der Waals surface area contributed by atoms with Crippen LogP contribution in [-0.4, -0.2) is 24.5 Å². The molecule has 0 saturated carbocycles. The summed E-state index contributed by atoms with van der Waals surface area (Å²) < 4.78 is 8.37. The fourth-order valence-electron chi connectivity index (χ4n) is 6.08. The predicted octanol–water partition coefficient (Wildman–Crippen LogP) is 9.78. The van der Waals surface area contributed by atoms with Crippen LogP contribution in [0.2, 0.25) is 0 Å². The van der Waals surface area contributed by atoms with Crippen LogP contribution in [0.15, 0.2) is 156 Å². The molecule has 6 heteroatoms. The van der Waals surface area contributed by atoms with E-state index in [9.17, 15) is 0 Å². The molecule has 0 unspecified atom stereocenters. The van der Waals surface area contributed by atoms with E-state index < -0.39 is 0 Å². The van der Waals surface area contributed by atoms with Crippen LogP contribution in [0, 0.1) is 0 Å². The van der Waals surface area contributed by atoms with Gasteiger partial charge in [0.15, 0.2) is 23.1 Å². The molecule has 9 aromatic rings. The van der Waals surface area contributed by atoms with E-state index >= 15 is 0 Å². The van der Waals surface area contributed by atoms with Gasteiger partial charge < -0.3 is 8.98 Å². The van der Waals surface area contributed by atoms with Crippen molar-refractivity contribution in [2.24, 2.45) is 0 Å². The Balaban J connectivity index is 1.15. The normalized spacial score (nSPS) is 11.5. The third-order valence-electron chi connectivity index (χ3n) is 8.30. The molecule has 6 aromatic carbocycles. The van der Waals surface area contributed by atoms with E-state index in [1.807, 2.05) is 78.9 Å². The molecule has 0 bridgehead atoms. The monoisotopic (exact) mass is 591 g/mol. The summed E-state index contributed by atoms with van der Waals surface area (Å²) >= 11 is 0. The summed E-state index contributed by atoms with van der Waals surface area (Å²) in [5.74, 6) is 2.36. The average Bonchev–Trinajstić information content (AvgIpc) is 3.72. The Morgan fingerprint density at radius 3 is 1.54 bits per heavy atom. The zero-order chi connectivity index (χ0) is 30.5. The van der Waals surface area contributed by atoms with Gasteiger partial charge in [-0.1, -0.05) is 84.9 Å². The van der Waals surface area contributed by atoms with E-state index in [2.05, 4.69) is 77.4 Å². The summed E-state index contributed by atoms with van der Waals surface area (Å²) in [7, 11) is 0. The lowest BCUT2D eigenvalue weighted by atomic mass is 10.1. The van der Waals surface area contributed by atoms with Crippen LogP contribution in [0.3, 0.4) is 0 Å². The van der Waals surface area contributed by atoms with E-state index in [4.69, 9.17) is 24.4 Å². The molecule has 0 atom stereocenters. The quantitative estimate of drug-likeness (QED) is 0.199. The number of benzene rings is 6. The van der Waals surface area contributed by atoms with Gasteiger partial charge in [-0.3, -0.25) is 0 Å². The van der Waals surface area contributed by atoms with Crippen LogP contribution >= 0.6 is 0 Å². The van der Waals surface area contributed by atoms with Gasteiger partial charge >= 0.3 is 0 Å². The second-order valence-corrected chi connectivity index (χ2v) is 11.2. The lowest BCUT2D eigenvalue weighted by Crippen LogP contribution is -2.00. The van der Waals surface area contributed by atoms with Gasteiger partial charge in [0.1, 0.15) is 5.52 Å². The molecule has 216 valence electrons. The summed E-state index contributed by atoms with van der Waals surface area (Å²) in [5.41, 5.74) is 8.46.